The Bertz CT molecular complexity index is 551. The number of anilines is 1. The van der Waals surface area contributed by atoms with Crippen molar-refractivity contribution in [3.63, 3.8) is 0 Å². The molecule has 0 radical (unpaired) electrons. The summed E-state index contributed by atoms with van der Waals surface area (Å²) in [6.07, 6.45) is 5.10. The molecule has 3 atom stereocenters. The first-order valence-electron chi connectivity index (χ1n) is 8.68. The largest absolute Gasteiger partial charge is 0.369 e. The molecule has 1 aliphatic carbocycles. The van der Waals surface area contributed by atoms with Crippen LogP contribution < -0.4 is 16.0 Å². The summed E-state index contributed by atoms with van der Waals surface area (Å²) in [5.74, 6) is 0.344. The van der Waals surface area contributed by atoms with Crippen molar-refractivity contribution < 1.29 is 9.18 Å². The normalized spacial score (nSPS) is 27.9. The highest BCUT2D eigenvalue weighted by molar-refractivity contribution is 5.79. The summed E-state index contributed by atoms with van der Waals surface area (Å²) in [5.41, 5.74) is 6.68. The molecular formula is C18H26FN3O. The summed E-state index contributed by atoms with van der Waals surface area (Å²) in [6.45, 7) is 2.25. The first-order chi connectivity index (χ1) is 11.2. The van der Waals surface area contributed by atoms with Gasteiger partial charge in [-0.1, -0.05) is 12.5 Å². The molecule has 5 heteroatoms. The smallest absolute Gasteiger partial charge is 0.223 e. The van der Waals surface area contributed by atoms with Gasteiger partial charge in [0, 0.05) is 30.7 Å². The van der Waals surface area contributed by atoms with Crippen molar-refractivity contribution in [1.29, 1.82) is 0 Å². The average Bonchev–Trinajstić information content (AvgIpc) is 3.04. The van der Waals surface area contributed by atoms with Gasteiger partial charge in [-0.3, -0.25) is 4.79 Å². The predicted molar refractivity (Wildman–Crippen MR) is 89.7 cm³/mol. The van der Waals surface area contributed by atoms with Gasteiger partial charge >= 0.3 is 0 Å². The summed E-state index contributed by atoms with van der Waals surface area (Å²) in [6, 6.07) is 6.82. The van der Waals surface area contributed by atoms with Crippen molar-refractivity contribution in [2.24, 2.45) is 17.6 Å². The highest BCUT2D eigenvalue weighted by Gasteiger charge is 2.33. The molecule has 3 N–H and O–H groups in total. The van der Waals surface area contributed by atoms with Crippen LogP contribution in [0.25, 0.3) is 0 Å². The van der Waals surface area contributed by atoms with E-state index in [1.807, 2.05) is 6.07 Å². The van der Waals surface area contributed by atoms with Crippen LogP contribution in [0.2, 0.25) is 0 Å². The molecule has 0 bridgehead atoms. The van der Waals surface area contributed by atoms with E-state index in [9.17, 15) is 9.18 Å². The number of nitrogens with two attached hydrogens (primary N) is 1. The molecule has 126 valence electrons. The number of amides is 1. The lowest BCUT2D eigenvalue weighted by molar-refractivity contribution is -0.126. The minimum atomic E-state index is -0.217. The van der Waals surface area contributed by atoms with E-state index < -0.39 is 0 Å². The number of carbonyl (C=O) groups is 1. The Morgan fingerprint density at radius 1 is 1.30 bits per heavy atom. The van der Waals surface area contributed by atoms with Gasteiger partial charge in [0.15, 0.2) is 0 Å². The van der Waals surface area contributed by atoms with Crippen molar-refractivity contribution in [3.05, 3.63) is 30.1 Å². The Balaban J connectivity index is 1.59. The Kier molecular flexibility index (Phi) is 5.16. The molecule has 1 aromatic carbocycles. The molecule has 23 heavy (non-hydrogen) atoms. The Labute approximate surface area is 137 Å². The number of hydrogen-bond acceptors (Lipinski definition) is 3. The van der Waals surface area contributed by atoms with E-state index in [-0.39, 0.29) is 23.7 Å². The number of piperidine rings is 1. The first kappa shape index (κ1) is 16.2. The van der Waals surface area contributed by atoms with Crippen LogP contribution in [0.3, 0.4) is 0 Å². The van der Waals surface area contributed by atoms with Gasteiger partial charge in [0.2, 0.25) is 5.91 Å². The van der Waals surface area contributed by atoms with E-state index in [0.29, 0.717) is 12.5 Å². The third kappa shape index (κ3) is 3.83. The van der Waals surface area contributed by atoms with Crippen LogP contribution in [0, 0.1) is 17.7 Å². The number of halogens is 1. The van der Waals surface area contributed by atoms with Gasteiger partial charge in [-0.25, -0.2) is 4.39 Å². The third-order valence-electron chi connectivity index (χ3n) is 5.24. The number of carbonyl (C=O) groups excluding carboxylic acids is 1. The lowest BCUT2D eigenvalue weighted by atomic mass is 9.94. The van der Waals surface area contributed by atoms with E-state index in [2.05, 4.69) is 10.2 Å². The van der Waals surface area contributed by atoms with Gasteiger partial charge in [-0.05, 0) is 56.3 Å². The summed E-state index contributed by atoms with van der Waals surface area (Å²) in [4.78, 5) is 14.7. The molecule has 0 spiro atoms. The second kappa shape index (κ2) is 7.30. The fourth-order valence-electron chi connectivity index (χ4n) is 3.97. The van der Waals surface area contributed by atoms with Crippen LogP contribution in [-0.2, 0) is 4.79 Å². The van der Waals surface area contributed by atoms with Crippen LogP contribution in [0.1, 0.15) is 32.1 Å². The summed E-state index contributed by atoms with van der Waals surface area (Å²) in [7, 11) is 0. The monoisotopic (exact) mass is 319 g/mol. The summed E-state index contributed by atoms with van der Waals surface area (Å²) in [5, 5.41) is 3.21. The zero-order valence-corrected chi connectivity index (χ0v) is 13.5. The molecule has 1 saturated carbocycles. The fraction of sp³-hybridized carbons (Fsp3) is 0.611. The molecule has 2 fully saturated rings. The molecule has 1 aliphatic heterocycles. The van der Waals surface area contributed by atoms with Gasteiger partial charge in [-0.2, -0.15) is 0 Å². The topological polar surface area (TPSA) is 58.4 Å². The molecule has 1 saturated heterocycles. The summed E-state index contributed by atoms with van der Waals surface area (Å²) < 4.78 is 13.4. The standard InChI is InChI=1S/C18H26FN3O/c19-14-5-2-7-16(10-14)22-9-3-6-15(12-22)21-18(23)17-8-1-4-13(17)11-20/h2,5,7,10,13,15,17H,1,3-4,6,8-9,11-12,20H2,(H,21,23)/t13-,15?,17-/m1/s1. The van der Waals surface area contributed by atoms with Gasteiger partial charge < -0.3 is 16.0 Å². The minimum absolute atomic E-state index is 0.0737. The maximum atomic E-state index is 13.4. The van der Waals surface area contributed by atoms with Crippen molar-refractivity contribution in [3.8, 4) is 0 Å². The Morgan fingerprint density at radius 2 is 2.17 bits per heavy atom. The van der Waals surface area contributed by atoms with Crippen molar-refractivity contribution >= 4 is 11.6 Å². The predicted octanol–water partition coefficient (Wildman–Crippen LogP) is 2.29. The molecular weight excluding hydrogens is 293 g/mol. The molecule has 1 amide bonds. The van der Waals surface area contributed by atoms with Crippen LogP contribution in [0.5, 0.6) is 0 Å². The van der Waals surface area contributed by atoms with E-state index >= 15 is 0 Å². The zero-order chi connectivity index (χ0) is 16.2. The molecule has 4 nitrogen and oxygen atoms in total. The van der Waals surface area contributed by atoms with Crippen LogP contribution in [-0.4, -0.2) is 31.6 Å². The quantitative estimate of drug-likeness (QED) is 0.895. The van der Waals surface area contributed by atoms with Crippen molar-refractivity contribution in [2.75, 3.05) is 24.5 Å². The van der Waals surface area contributed by atoms with Gasteiger partial charge in [0.25, 0.3) is 0 Å². The first-order valence-corrected chi connectivity index (χ1v) is 8.68. The Morgan fingerprint density at radius 3 is 2.96 bits per heavy atom. The zero-order valence-electron chi connectivity index (χ0n) is 13.5. The number of rotatable bonds is 4. The number of hydrogen-bond donors (Lipinski definition) is 2. The molecule has 3 rings (SSSR count). The van der Waals surface area contributed by atoms with E-state index in [4.69, 9.17) is 5.73 Å². The van der Waals surface area contributed by atoms with Crippen molar-refractivity contribution in [1.82, 2.24) is 5.32 Å². The van der Waals surface area contributed by atoms with Crippen LogP contribution in [0.15, 0.2) is 24.3 Å². The lowest BCUT2D eigenvalue weighted by Crippen LogP contribution is -2.50. The second-order valence-corrected chi connectivity index (χ2v) is 6.81. The SMILES string of the molecule is NC[C@H]1CCC[C@H]1C(=O)NC1CCCN(c2cccc(F)c2)C1. The molecule has 1 unspecified atom stereocenters. The van der Waals surface area contributed by atoms with Crippen LogP contribution in [0.4, 0.5) is 10.1 Å². The lowest BCUT2D eigenvalue weighted by Gasteiger charge is -2.35. The fourth-order valence-corrected chi connectivity index (χ4v) is 3.97. The second-order valence-electron chi connectivity index (χ2n) is 6.81. The Hall–Kier alpha value is -1.62. The number of nitrogens with one attached hydrogen (secondary N) is 1. The molecule has 1 heterocycles. The third-order valence-corrected chi connectivity index (χ3v) is 5.24. The molecule has 1 aromatic rings. The van der Waals surface area contributed by atoms with E-state index in [1.165, 1.54) is 6.07 Å². The molecule has 0 aromatic heterocycles. The minimum Gasteiger partial charge on any atom is -0.369 e. The number of benzene rings is 1. The molecule has 2 aliphatic rings. The van der Waals surface area contributed by atoms with Crippen molar-refractivity contribution in [2.45, 2.75) is 38.1 Å². The highest BCUT2D eigenvalue weighted by atomic mass is 19.1. The van der Waals surface area contributed by atoms with Crippen LogP contribution >= 0.6 is 0 Å². The average molecular weight is 319 g/mol. The highest BCUT2D eigenvalue weighted by Crippen LogP contribution is 2.31. The number of nitrogens with zero attached hydrogens (tertiary/aromatic N) is 1. The van der Waals surface area contributed by atoms with Gasteiger partial charge in [0.05, 0.1) is 0 Å². The van der Waals surface area contributed by atoms with E-state index in [1.54, 1.807) is 12.1 Å². The van der Waals surface area contributed by atoms with Gasteiger partial charge in [0.1, 0.15) is 5.82 Å². The van der Waals surface area contributed by atoms with Gasteiger partial charge in [-0.15, -0.1) is 0 Å². The summed E-state index contributed by atoms with van der Waals surface area (Å²) >= 11 is 0. The maximum absolute atomic E-state index is 13.4. The maximum Gasteiger partial charge on any atom is 0.223 e. The van der Waals surface area contributed by atoms with E-state index in [0.717, 1.165) is 50.9 Å².